The largest absolute Gasteiger partial charge is 0.465 e. The Morgan fingerprint density at radius 1 is 1.41 bits per heavy atom. The molecule has 1 N–H and O–H groups in total. The fourth-order valence-corrected chi connectivity index (χ4v) is 1.51. The molecule has 17 heavy (non-hydrogen) atoms. The van der Waals surface area contributed by atoms with Crippen molar-refractivity contribution < 1.29 is 28.2 Å². The summed E-state index contributed by atoms with van der Waals surface area (Å²) in [6.45, 7) is -0.237. The van der Waals surface area contributed by atoms with Crippen LogP contribution in [0, 0.1) is 11.6 Å². The number of imide groups is 1. The first-order valence-electron chi connectivity index (χ1n) is 4.65. The van der Waals surface area contributed by atoms with Gasteiger partial charge in [-0.3, -0.25) is 0 Å². The van der Waals surface area contributed by atoms with E-state index in [9.17, 15) is 18.4 Å². The van der Waals surface area contributed by atoms with E-state index >= 15 is 0 Å². The smallest absolute Gasteiger partial charge is 0.420 e. The van der Waals surface area contributed by atoms with Crippen LogP contribution in [-0.4, -0.2) is 28.7 Å². The molecule has 0 spiro atoms. The van der Waals surface area contributed by atoms with Crippen LogP contribution >= 0.6 is 0 Å². The van der Waals surface area contributed by atoms with Gasteiger partial charge in [0.2, 0.25) is 0 Å². The number of benzene rings is 1. The topological polar surface area (TPSA) is 66.8 Å². The number of rotatable bonds is 1. The molecule has 1 saturated heterocycles. The summed E-state index contributed by atoms with van der Waals surface area (Å²) in [5, 5.41) is 8.64. The van der Waals surface area contributed by atoms with Crippen molar-refractivity contribution in [2.24, 2.45) is 0 Å². The normalized spacial score (nSPS) is 19.3. The second-order valence-corrected chi connectivity index (χ2v) is 3.44. The van der Waals surface area contributed by atoms with E-state index in [0.717, 1.165) is 12.1 Å². The average molecular weight is 243 g/mol. The number of carbonyl (C=O) groups excluding carboxylic acids is 1. The molecule has 1 aromatic rings. The predicted octanol–water partition coefficient (Wildman–Crippen LogP) is 2.14. The number of hydrogen-bond acceptors (Lipinski definition) is 3. The van der Waals surface area contributed by atoms with Crippen molar-refractivity contribution in [1.82, 2.24) is 4.90 Å². The lowest BCUT2D eigenvalue weighted by molar-refractivity contribution is 0.127. The lowest BCUT2D eigenvalue weighted by Crippen LogP contribution is -2.29. The first-order chi connectivity index (χ1) is 7.99. The van der Waals surface area contributed by atoms with Crippen LogP contribution in [-0.2, 0) is 4.74 Å². The van der Waals surface area contributed by atoms with Gasteiger partial charge in [0.05, 0.1) is 6.54 Å². The van der Waals surface area contributed by atoms with Crippen LogP contribution in [0.5, 0.6) is 0 Å². The van der Waals surface area contributed by atoms with E-state index in [0.29, 0.717) is 4.90 Å². The second-order valence-electron chi connectivity index (χ2n) is 3.44. The monoisotopic (exact) mass is 243 g/mol. The molecule has 0 radical (unpaired) electrons. The van der Waals surface area contributed by atoms with Gasteiger partial charge in [-0.25, -0.2) is 23.3 Å². The van der Waals surface area contributed by atoms with Gasteiger partial charge >= 0.3 is 12.2 Å². The predicted molar refractivity (Wildman–Crippen MR) is 50.3 cm³/mol. The van der Waals surface area contributed by atoms with Crippen LogP contribution < -0.4 is 0 Å². The quantitative estimate of drug-likeness (QED) is 0.820. The van der Waals surface area contributed by atoms with Gasteiger partial charge in [0.1, 0.15) is 6.10 Å². The van der Waals surface area contributed by atoms with Gasteiger partial charge in [0, 0.05) is 0 Å². The average Bonchev–Trinajstić information content (AvgIpc) is 2.64. The molecule has 1 aliphatic rings. The number of carbonyl (C=O) groups is 2. The SMILES string of the molecule is O=C(O)N1CC(c2ccc(F)c(F)c2)OC1=O. The highest BCUT2D eigenvalue weighted by Gasteiger charge is 2.36. The third-order valence-electron chi connectivity index (χ3n) is 2.36. The number of amides is 2. The first-order valence-corrected chi connectivity index (χ1v) is 4.65. The Labute approximate surface area is 94.2 Å². The van der Waals surface area contributed by atoms with Crippen molar-refractivity contribution in [1.29, 1.82) is 0 Å². The molecule has 1 atom stereocenters. The maximum absolute atomic E-state index is 12.9. The Balaban J connectivity index is 2.22. The van der Waals surface area contributed by atoms with E-state index in [1.807, 2.05) is 0 Å². The van der Waals surface area contributed by atoms with Crippen molar-refractivity contribution in [2.45, 2.75) is 6.10 Å². The zero-order valence-electron chi connectivity index (χ0n) is 8.39. The second kappa shape index (κ2) is 4.00. The lowest BCUT2D eigenvalue weighted by Gasteiger charge is -2.08. The number of cyclic esters (lactones) is 1. The third-order valence-corrected chi connectivity index (χ3v) is 2.36. The number of hydrogen-bond donors (Lipinski definition) is 1. The number of halogens is 2. The molecule has 2 rings (SSSR count). The molecule has 5 nitrogen and oxygen atoms in total. The number of carboxylic acid groups (broad SMARTS) is 1. The van der Waals surface area contributed by atoms with Gasteiger partial charge < -0.3 is 9.84 Å². The van der Waals surface area contributed by atoms with Crippen LogP contribution in [0.4, 0.5) is 18.4 Å². The molecule has 1 heterocycles. The fourth-order valence-electron chi connectivity index (χ4n) is 1.51. The molecule has 0 aromatic heterocycles. The summed E-state index contributed by atoms with van der Waals surface area (Å²) in [6, 6.07) is 3.00. The van der Waals surface area contributed by atoms with Crippen LogP contribution in [0.15, 0.2) is 18.2 Å². The van der Waals surface area contributed by atoms with Gasteiger partial charge in [-0.1, -0.05) is 6.07 Å². The highest BCUT2D eigenvalue weighted by atomic mass is 19.2. The van der Waals surface area contributed by atoms with E-state index in [2.05, 4.69) is 0 Å². The Morgan fingerprint density at radius 3 is 2.65 bits per heavy atom. The Bertz CT molecular complexity index is 491. The number of nitrogens with zero attached hydrogens (tertiary/aromatic N) is 1. The van der Waals surface area contributed by atoms with Crippen molar-refractivity contribution in [3.05, 3.63) is 35.4 Å². The summed E-state index contributed by atoms with van der Waals surface area (Å²) in [7, 11) is 0. The van der Waals surface area contributed by atoms with Crippen LogP contribution in [0.3, 0.4) is 0 Å². The standard InChI is InChI=1S/C10H7F2NO4/c11-6-2-1-5(3-7(6)12)8-4-13(9(14)15)10(16)17-8/h1-3,8H,4H2,(H,14,15). The maximum Gasteiger partial charge on any atom is 0.420 e. The summed E-state index contributed by atoms with van der Waals surface area (Å²) in [5.74, 6) is -2.10. The summed E-state index contributed by atoms with van der Waals surface area (Å²) in [5.41, 5.74) is 0.209. The molecular formula is C10H7F2NO4. The molecule has 0 saturated carbocycles. The van der Waals surface area contributed by atoms with Crippen LogP contribution in [0.25, 0.3) is 0 Å². The van der Waals surface area contributed by atoms with Crippen molar-refractivity contribution in [2.75, 3.05) is 6.54 Å². The first kappa shape index (κ1) is 11.3. The Morgan fingerprint density at radius 2 is 2.12 bits per heavy atom. The van der Waals surface area contributed by atoms with Crippen molar-refractivity contribution >= 4 is 12.2 Å². The fraction of sp³-hybridized carbons (Fsp3) is 0.200. The van der Waals surface area contributed by atoms with E-state index in [1.165, 1.54) is 6.07 Å². The van der Waals surface area contributed by atoms with Gasteiger partial charge in [-0.2, -0.15) is 0 Å². The van der Waals surface area contributed by atoms with Crippen molar-refractivity contribution in [3.63, 3.8) is 0 Å². The van der Waals surface area contributed by atoms with E-state index < -0.39 is 29.9 Å². The van der Waals surface area contributed by atoms with Gasteiger partial charge in [0.25, 0.3) is 0 Å². The molecule has 1 unspecified atom stereocenters. The highest BCUT2D eigenvalue weighted by Crippen LogP contribution is 2.27. The molecular weight excluding hydrogens is 236 g/mol. The Kier molecular flexibility index (Phi) is 2.66. The molecule has 90 valence electrons. The molecule has 2 amide bonds. The molecule has 0 aliphatic carbocycles. The minimum absolute atomic E-state index is 0.209. The Hall–Kier alpha value is -2.18. The molecule has 1 fully saturated rings. The van der Waals surface area contributed by atoms with Crippen LogP contribution in [0.1, 0.15) is 11.7 Å². The third kappa shape index (κ3) is 2.03. The molecule has 0 bridgehead atoms. The van der Waals surface area contributed by atoms with E-state index in [-0.39, 0.29) is 12.1 Å². The zero-order valence-corrected chi connectivity index (χ0v) is 8.39. The minimum atomic E-state index is -1.44. The summed E-state index contributed by atoms with van der Waals surface area (Å²) in [6.07, 6.45) is -3.37. The maximum atomic E-state index is 12.9. The van der Waals surface area contributed by atoms with Gasteiger partial charge in [-0.15, -0.1) is 0 Å². The molecule has 7 heteroatoms. The van der Waals surface area contributed by atoms with Gasteiger partial charge in [-0.05, 0) is 17.7 Å². The summed E-state index contributed by atoms with van der Waals surface area (Å²) in [4.78, 5) is 22.2. The molecule has 1 aromatic carbocycles. The minimum Gasteiger partial charge on any atom is -0.465 e. The van der Waals surface area contributed by atoms with Crippen molar-refractivity contribution in [3.8, 4) is 0 Å². The highest BCUT2D eigenvalue weighted by molar-refractivity contribution is 5.88. The van der Waals surface area contributed by atoms with E-state index in [4.69, 9.17) is 9.84 Å². The van der Waals surface area contributed by atoms with Gasteiger partial charge in [0.15, 0.2) is 11.6 Å². The van der Waals surface area contributed by atoms with Crippen LogP contribution in [0.2, 0.25) is 0 Å². The lowest BCUT2D eigenvalue weighted by atomic mass is 10.1. The van der Waals surface area contributed by atoms with E-state index in [1.54, 1.807) is 0 Å². The number of ether oxygens (including phenoxy) is 1. The summed E-state index contributed by atoms with van der Waals surface area (Å²) < 4.78 is 30.4. The summed E-state index contributed by atoms with van der Waals surface area (Å²) >= 11 is 0. The zero-order chi connectivity index (χ0) is 12.6. The molecule has 1 aliphatic heterocycles.